The van der Waals surface area contributed by atoms with Crippen LogP contribution in [0.15, 0.2) is 48.5 Å². The van der Waals surface area contributed by atoms with E-state index in [1.54, 1.807) is 0 Å². The fourth-order valence-corrected chi connectivity index (χ4v) is 2.75. The standard InChI is InChI=1S/C18H20N4S/c1-2-13-7-3-4-8-14(13)22-18(23)19-12-11-17-20-15-9-5-6-10-16(15)21-17/h3-10H,2,11-12H2,1H3,(H,20,21)(H2,19,22,23). The lowest BCUT2D eigenvalue weighted by molar-refractivity contribution is 0.832. The molecule has 0 fully saturated rings. The van der Waals surface area contributed by atoms with E-state index in [-0.39, 0.29) is 0 Å². The van der Waals surface area contributed by atoms with Crippen LogP contribution in [0.1, 0.15) is 18.3 Å². The van der Waals surface area contributed by atoms with Crippen molar-refractivity contribution < 1.29 is 0 Å². The molecule has 0 aliphatic rings. The molecule has 5 heteroatoms. The van der Waals surface area contributed by atoms with Gasteiger partial charge in [-0.25, -0.2) is 4.98 Å². The second-order valence-corrected chi connectivity index (χ2v) is 5.75. The molecule has 0 saturated carbocycles. The number of nitrogens with one attached hydrogen (secondary N) is 3. The number of hydrogen-bond acceptors (Lipinski definition) is 2. The molecule has 0 spiro atoms. The third-order valence-electron chi connectivity index (χ3n) is 3.73. The minimum atomic E-state index is 0.641. The molecule has 23 heavy (non-hydrogen) atoms. The van der Waals surface area contributed by atoms with Crippen molar-refractivity contribution in [2.24, 2.45) is 0 Å². The van der Waals surface area contributed by atoms with Gasteiger partial charge in [-0.15, -0.1) is 0 Å². The van der Waals surface area contributed by atoms with Crippen LogP contribution in [0, 0.1) is 0 Å². The Morgan fingerprint density at radius 2 is 1.91 bits per heavy atom. The maximum atomic E-state index is 5.37. The summed E-state index contributed by atoms with van der Waals surface area (Å²) in [7, 11) is 0. The van der Waals surface area contributed by atoms with Gasteiger partial charge in [0, 0.05) is 18.7 Å². The van der Waals surface area contributed by atoms with E-state index in [2.05, 4.69) is 33.6 Å². The van der Waals surface area contributed by atoms with Gasteiger partial charge in [0.2, 0.25) is 0 Å². The molecular weight excluding hydrogens is 304 g/mol. The SMILES string of the molecule is CCc1ccccc1NC(=S)NCCc1nc2ccccc2[nH]1. The van der Waals surface area contributed by atoms with E-state index >= 15 is 0 Å². The number of fused-ring (bicyclic) bond motifs is 1. The van der Waals surface area contributed by atoms with Crippen LogP contribution in [0.3, 0.4) is 0 Å². The van der Waals surface area contributed by atoms with E-state index in [1.807, 2.05) is 42.5 Å². The first-order valence-corrected chi connectivity index (χ1v) is 8.23. The molecule has 2 aromatic carbocycles. The summed E-state index contributed by atoms with van der Waals surface area (Å²) >= 11 is 5.37. The summed E-state index contributed by atoms with van der Waals surface area (Å²) in [6, 6.07) is 16.3. The Morgan fingerprint density at radius 3 is 2.74 bits per heavy atom. The highest BCUT2D eigenvalue weighted by atomic mass is 32.1. The first-order chi connectivity index (χ1) is 11.3. The van der Waals surface area contributed by atoms with Crippen molar-refractivity contribution in [1.82, 2.24) is 15.3 Å². The fourth-order valence-electron chi connectivity index (χ4n) is 2.54. The molecular formula is C18H20N4S. The van der Waals surface area contributed by atoms with Crippen molar-refractivity contribution in [1.29, 1.82) is 0 Å². The molecule has 0 amide bonds. The summed E-state index contributed by atoms with van der Waals surface area (Å²) < 4.78 is 0. The molecule has 0 aliphatic carbocycles. The van der Waals surface area contributed by atoms with Gasteiger partial charge in [0.25, 0.3) is 0 Å². The molecule has 3 N–H and O–H groups in total. The zero-order valence-electron chi connectivity index (χ0n) is 13.1. The molecule has 1 heterocycles. The molecule has 1 aromatic heterocycles. The summed E-state index contributed by atoms with van der Waals surface area (Å²) in [5.41, 5.74) is 4.39. The van der Waals surface area contributed by atoms with Gasteiger partial charge in [-0.1, -0.05) is 37.3 Å². The lowest BCUT2D eigenvalue weighted by atomic mass is 10.1. The van der Waals surface area contributed by atoms with Crippen molar-refractivity contribution in [2.45, 2.75) is 19.8 Å². The maximum absolute atomic E-state index is 5.37. The van der Waals surface area contributed by atoms with Crippen molar-refractivity contribution in [3.63, 3.8) is 0 Å². The number of thiocarbonyl (C=S) groups is 1. The highest BCUT2D eigenvalue weighted by molar-refractivity contribution is 7.80. The Hall–Kier alpha value is -2.40. The first kappa shape index (κ1) is 15.5. The first-order valence-electron chi connectivity index (χ1n) is 7.82. The number of anilines is 1. The number of H-pyrrole nitrogens is 1. The number of benzene rings is 2. The number of rotatable bonds is 5. The van der Waals surface area contributed by atoms with Crippen LogP contribution in [0.4, 0.5) is 5.69 Å². The largest absolute Gasteiger partial charge is 0.362 e. The number of aromatic amines is 1. The van der Waals surface area contributed by atoms with Crippen molar-refractivity contribution >= 4 is 34.1 Å². The van der Waals surface area contributed by atoms with E-state index in [9.17, 15) is 0 Å². The Balaban J connectivity index is 1.53. The molecule has 0 atom stereocenters. The van der Waals surface area contributed by atoms with Crippen molar-refractivity contribution in [2.75, 3.05) is 11.9 Å². The number of para-hydroxylation sites is 3. The third kappa shape index (κ3) is 3.87. The Morgan fingerprint density at radius 1 is 1.13 bits per heavy atom. The predicted molar refractivity (Wildman–Crippen MR) is 99.8 cm³/mol. The second kappa shape index (κ2) is 7.24. The molecule has 3 aromatic rings. The van der Waals surface area contributed by atoms with E-state index in [0.29, 0.717) is 5.11 Å². The van der Waals surface area contributed by atoms with E-state index in [4.69, 9.17) is 12.2 Å². The summed E-state index contributed by atoms with van der Waals surface area (Å²) in [6.45, 7) is 2.87. The van der Waals surface area contributed by atoms with Crippen LogP contribution in [-0.2, 0) is 12.8 Å². The Kier molecular flexibility index (Phi) is 4.88. The van der Waals surface area contributed by atoms with Gasteiger partial charge in [0.1, 0.15) is 5.82 Å². The minimum absolute atomic E-state index is 0.641. The van der Waals surface area contributed by atoms with Gasteiger partial charge in [-0.2, -0.15) is 0 Å². The van der Waals surface area contributed by atoms with Crippen LogP contribution in [0.2, 0.25) is 0 Å². The number of hydrogen-bond donors (Lipinski definition) is 3. The Bertz CT molecular complexity index is 776. The minimum Gasteiger partial charge on any atom is -0.362 e. The van der Waals surface area contributed by atoms with Gasteiger partial charge < -0.3 is 15.6 Å². The number of aromatic nitrogens is 2. The van der Waals surface area contributed by atoms with E-state index in [1.165, 1.54) is 5.56 Å². The molecule has 0 saturated heterocycles. The second-order valence-electron chi connectivity index (χ2n) is 5.34. The van der Waals surface area contributed by atoms with Gasteiger partial charge in [0.15, 0.2) is 5.11 Å². The van der Waals surface area contributed by atoms with Crippen LogP contribution in [0.25, 0.3) is 11.0 Å². The lowest BCUT2D eigenvalue weighted by Gasteiger charge is -2.12. The maximum Gasteiger partial charge on any atom is 0.170 e. The molecule has 0 aliphatic heterocycles. The molecule has 3 rings (SSSR count). The third-order valence-corrected chi connectivity index (χ3v) is 3.98. The Labute approximate surface area is 141 Å². The quantitative estimate of drug-likeness (QED) is 0.627. The topological polar surface area (TPSA) is 52.7 Å². The normalized spacial score (nSPS) is 10.7. The number of imidazole rings is 1. The average Bonchev–Trinajstić information content (AvgIpc) is 2.98. The van der Waals surface area contributed by atoms with Crippen LogP contribution < -0.4 is 10.6 Å². The zero-order valence-corrected chi connectivity index (χ0v) is 13.9. The zero-order chi connectivity index (χ0) is 16.1. The summed E-state index contributed by atoms with van der Waals surface area (Å²) in [4.78, 5) is 7.88. The van der Waals surface area contributed by atoms with Crippen molar-refractivity contribution in [3.8, 4) is 0 Å². The van der Waals surface area contributed by atoms with Gasteiger partial charge in [0.05, 0.1) is 11.0 Å². The average molecular weight is 324 g/mol. The van der Waals surface area contributed by atoms with E-state index in [0.717, 1.165) is 41.9 Å². The highest BCUT2D eigenvalue weighted by Crippen LogP contribution is 2.15. The smallest absolute Gasteiger partial charge is 0.170 e. The monoisotopic (exact) mass is 324 g/mol. The van der Waals surface area contributed by atoms with Crippen LogP contribution >= 0.6 is 12.2 Å². The van der Waals surface area contributed by atoms with Gasteiger partial charge >= 0.3 is 0 Å². The lowest BCUT2D eigenvalue weighted by Crippen LogP contribution is -2.30. The number of nitrogens with zero attached hydrogens (tertiary/aromatic N) is 1. The molecule has 118 valence electrons. The molecule has 0 radical (unpaired) electrons. The van der Waals surface area contributed by atoms with Crippen molar-refractivity contribution in [3.05, 3.63) is 59.9 Å². The fraction of sp³-hybridized carbons (Fsp3) is 0.222. The molecule has 4 nitrogen and oxygen atoms in total. The van der Waals surface area contributed by atoms with Gasteiger partial charge in [-0.3, -0.25) is 0 Å². The molecule has 0 unspecified atom stereocenters. The number of aryl methyl sites for hydroxylation is 1. The van der Waals surface area contributed by atoms with Gasteiger partial charge in [-0.05, 0) is 42.4 Å². The van der Waals surface area contributed by atoms with Crippen LogP contribution in [-0.4, -0.2) is 21.6 Å². The van der Waals surface area contributed by atoms with E-state index < -0.39 is 0 Å². The summed E-state index contributed by atoms with van der Waals surface area (Å²) in [5.74, 6) is 0.968. The summed E-state index contributed by atoms with van der Waals surface area (Å²) in [6.07, 6.45) is 1.77. The predicted octanol–water partition coefficient (Wildman–Crippen LogP) is 3.65. The summed E-state index contributed by atoms with van der Waals surface area (Å²) in [5, 5.41) is 7.14. The molecule has 0 bridgehead atoms. The van der Waals surface area contributed by atoms with Crippen LogP contribution in [0.5, 0.6) is 0 Å². The highest BCUT2D eigenvalue weighted by Gasteiger charge is 2.04.